The molecule has 0 spiro atoms. The summed E-state index contributed by atoms with van der Waals surface area (Å²) in [6.45, 7) is 2.62. The van der Waals surface area contributed by atoms with Crippen molar-refractivity contribution >= 4 is 45.7 Å². The number of aromatic nitrogens is 3. The molecular formula is C20H19BrFN7O. The average Bonchev–Trinajstić information content (AvgIpc) is 2.76. The van der Waals surface area contributed by atoms with E-state index in [2.05, 4.69) is 46.7 Å². The molecule has 30 heavy (non-hydrogen) atoms. The predicted octanol–water partition coefficient (Wildman–Crippen LogP) is 3.80. The van der Waals surface area contributed by atoms with Crippen molar-refractivity contribution in [2.75, 3.05) is 41.9 Å². The molecule has 2 heterocycles. The molecule has 2 aromatic carbocycles. The number of benzene rings is 2. The van der Waals surface area contributed by atoms with Crippen LogP contribution in [-0.4, -0.2) is 47.5 Å². The summed E-state index contributed by atoms with van der Waals surface area (Å²) >= 11 is 3.46. The van der Waals surface area contributed by atoms with Gasteiger partial charge in [0.05, 0.1) is 19.4 Å². The minimum absolute atomic E-state index is 0.294. The summed E-state index contributed by atoms with van der Waals surface area (Å²) in [5.74, 6) is 0.924. The summed E-state index contributed by atoms with van der Waals surface area (Å²) in [6.07, 6.45) is 1.57. The summed E-state index contributed by atoms with van der Waals surface area (Å²) in [4.78, 5) is 15.5. The van der Waals surface area contributed by atoms with E-state index in [0.717, 1.165) is 15.7 Å². The van der Waals surface area contributed by atoms with Crippen LogP contribution < -0.4 is 15.6 Å². The van der Waals surface area contributed by atoms with Crippen LogP contribution in [0.1, 0.15) is 5.56 Å². The van der Waals surface area contributed by atoms with Crippen LogP contribution in [0, 0.1) is 5.82 Å². The number of nitrogens with one attached hydrogen (secondary N) is 2. The molecule has 0 atom stereocenters. The van der Waals surface area contributed by atoms with Crippen molar-refractivity contribution in [2.24, 2.45) is 5.10 Å². The zero-order valence-electron chi connectivity index (χ0n) is 15.9. The Morgan fingerprint density at radius 3 is 2.57 bits per heavy atom. The van der Waals surface area contributed by atoms with Crippen molar-refractivity contribution in [3.8, 4) is 0 Å². The second-order valence-corrected chi connectivity index (χ2v) is 7.35. The summed E-state index contributed by atoms with van der Waals surface area (Å²) in [6, 6.07) is 13.7. The number of ether oxygens (including phenoxy) is 1. The number of hydrogen-bond acceptors (Lipinski definition) is 8. The van der Waals surface area contributed by atoms with E-state index in [0.29, 0.717) is 44.1 Å². The standard InChI is InChI=1S/C20H19BrFN7O/c21-15-2-1-3-17(12-15)24-18-25-19(27-20(26-18)29-8-10-30-11-9-29)28-23-13-14-4-6-16(22)7-5-14/h1-7,12-13H,8-11H2,(H2,24,25,26,27,28)/b23-13-. The van der Waals surface area contributed by atoms with Gasteiger partial charge in [-0.15, -0.1) is 0 Å². The first-order valence-corrected chi connectivity index (χ1v) is 10.1. The van der Waals surface area contributed by atoms with Crippen LogP contribution in [0.25, 0.3) is 0 Å². The van der Waals surface area contributed by atoms with Crippen molar-refractivity contribution in [3.63, 3.8) is 0 Å². The van der Waals surface area contributed by atoms with Gasteiger partial charge >= 0.3 is 0 Å². The molecule has 8 nitrogen and oxygen atoms in total. The van der Waals surface area contributed by atoms with Gasteiger partial charge in [-0.2, -0.15) is 20.1 Å². The number of halogens is 2. The molecule has 0 bridgehead atoms. The van der Waals surface area contributed by atoms with Gasteiger partial charge in [0.1, 0.15) is 5.82 Å². The van der Waals surface area contributed by atoms with Crippen LogP contribution in [0.4, 0.5) is 27.9 Å². The number of anilines is 4. The number of hydrogen-bond donors (Lipinski definition) is 2. The highest BCUT2D eigenvalue weighted by Crippen LogP contribution is 2.21. The Balaban J connectivity index is 1.56. The third-order valence-corrected chi connectivity index (χ3v) is 4.74. The largest absolute Gasteiger partial charge is 0.378 e. The Hall–Kier alpha value is -3.11. The van der Waals surface area contributed by atoms with E-state index in [1.54, 1.807) is 18.3 Å². The van der Waals surface area contributed by atoms with Gasteiger partial charge in [-0.25, -0.2) is 9.82 Å². The maximum atomic E-state index is 13.0. The Bertz CT molecular complexity index is 1030. The molecule has 1 saturated heterocycles. The van der Waals surface area contributed by atoms with E-state index < -0.39 is 0 Å². The van der Waals surface area contributed by atoms with Crippen LogP contribution in [0.5, 0.6) is 0 Å². The Kier molecular flexibility index (Phi) is 6.45. The van der Waals surface area contributed by atoms with Crippen LogP contribution >= 0.6 is 15.9 Å². The van der Waals surface area contributed by atoms with E-state index in [9.17, 15) is 4.39 Å². The lowest BCUT2D eigenvalue weighted by Gasteiger charge is -2.27. The van der Waals surface area contributed by atoms with Gasteiger partial charge in [0.15, 0.2) is 0 Å². The predicted molar refractivity (Wildman–Crippen MR) is 118 cm³/mol. The molecular weight excluding hydrogens is 453 g/mol. The number of rotatable bonds is 6. The third kappa shape index (κ3) is 5.49. The summed E-state index contributed by atoms with van der Waals surface area (Å²) in [7, 11) is 0. The molecule has 1 aliphatic heterocycles. The summed E-state index contributed by atoms with van der Waals surface area (Å²) in [5, 5.41) is 7.36. The molecule has 0 radical (unpaired) electrons. The fourth-order valence-corrected chi connectivity index (χ4v) is 3.18. The second kappa shape index (κ2) is 9.59. The molecule has 10 heteroatoms. The Morgan fingerprint density at radius 2 is 1.80 bits per heavy atom. The van der Waals surface area contributed by atoms with Gasteiger partial charge in [0, 0.05) is 23.2 Å². The smallest absolute Gasteiger partial charge is 0.250 e. The van der Waals surface area contributed by atoms with Gasteiger partial charge in [-0.05, 0) is 35.9 Å². The normalized spacial score (nSPS) is 14.1. The van der Waals surface area contributed by atoms with Crippen molar-refractivity contribution in [1.29, 1.82) is 0 Å². The van der Waals surface area contributed by atoms with Gasteiger partial charge in [0.2, 0.25) is 17.8 Å². The molecule has 0 amide bonds. The van der Waals surface area contributed by atoms with Crippen LogP contribution in [0.3, 0.4) is 0 Å². The number of morpholine rings is 1. The summed E-state index contributed by atoms with van der Waals surface area (Å²) in [5.41, 5.74) is 4.42. The average molecular weight is 472 g/mol. The van der Waals surface area contributed by atoms with Crippen LogP contribution in [0.2, 0.25) is 0 Å². The van der Waals surface area contributed by atoms with Crippen LogP contribution in [0.15, 0.2) is 58.1 Å². The minimum Gasteiger partial charge on any atom is -0.378 e. The van der Waals surface area contributed by atoms with Crippen molar-refractivity contribution in [3.05, 3.63) is 64.4 Å². The second-order valence-electron chi connectivity index (χ2n) is 6.44. The molecule has 1 fully saturated rings. The van der Waals surface area contributed by atoms with E-state index in [1.807, 2.05) is 29.2 Å². The molecule has 3 aromatic rings. The fourth-order valence-electron chi connectivity index (χ4n) is 2.78. The first kappa shape index (κ1) is 20.2. The molecule has 154 valence electrons. The number of nitrogens with zero attached hydrogens (tertiary/aromatic N) is 5. The van der Waals surface area contributed by atoms with Crippen molar-refractivity contribution in [2.45, 2.75) is 0 Å². The van der Waals surface area contributed by atoms with E-state index in [-0.39, 0.29) is 5.82 Å². The van der Waals surface area contributed by atoms with Crippen molar-refractivity contribution < 1.29 is 9.13 Å². The highest BCUT2D eigenvalue weighted by molar-refractivity contribution is 9.10. The fraction of sp³-hybridized carbons (Fsp3) is 0.200. The SMILES string of the molecule is Fc1ccc(/C=N\Nc2nc(Nc3cccc(Br)c3)nc(N3CCOCC3)n2)cc1. The van der Waals surface area contributed by atoms with Crippen LogP contribution in [-0.2, 0) is 4.74 Å². The van der Waals surface area contributed by atoms with Gasteiger partial charge < -0.3 is 15.0 Å². The van der Waals surface area contributed by atoms with Crippen molar-refractivity contribution in [1.82, 2.24) is 15.0 Å². The molecule has 1 aromatic heterocycles. The first-order chi connectivity index (χ1) is 14.7. The first-order valence-electron chi connectivity index (χ1n) is 9.32. The van der Waals surface area contributed by atoms with E-state index in [4.69, 9.17) is 4.74 Å². The number of hydrazone groups is 1. The molecule has 2 N–H and O–H groups in total. The maximum absolute atomic E-state index is 13.0. The minimum atomic E-state index is -0.295. The van der Waals surface area contributed by atoms with Gasteiger partial charge in [0.25, 0.3) is 0 Å². The molecule has 0 unspecified atom stereocenters. The lowest BCUT2D eigenvalue weighted by Crippen LogP contribution is -2.37. The Labute approximate surface area is 181 Å². The topological polar surface area (TPSA) is 87.6 Å². The maximum Gasteiger partial charge on any atom is 0.250 e. The monoisotopic (exact) mass is 471 g/mol. The highest BCUT2D eigenvalue weighted by atomic mass is 79.9. The van der Waals surface area contributed by atoms with Gasteiger partial charge in [-0.1, -0.05) is 34.1 Å². The molecule has 4 rings (SSSR count). The lowest BCUT2D eigenvalue weighted by atomic mass is 10.2. The highest BCUT2D eigenvalue weighted by Gasteiger charge is 2.16. The van der Waals surface area contributed by atoms with E-state index >= 15 is 0 Å². The quantitative estimate of drug-likeness (QED) is 0.417. The molecule has 0 saturated carbocycles. The van der Waals surface area contributed by atoms with Gasteiger partial charge in [-0.3, -0.25) is 0 Å². The van der Waals surface area contributed by atoms with E-state index in [1.165, 1.54) is 12.1 Å². The molecule has 0 aliphatic carbocycles. The zero-order chi connectivity index (χ0) is 20.8. The summed E-state index contributed by atoms with van der Waals surface area (Å²) < 4.78 is 19.4. The molecule has 1 aliphatic rings. The zero-order valence-corrected chi connectivity index (χ0v) is 17.5. The lowest BCUT2D eigenvalue weighted by molar-refractivity contribution is 0.122. The Morgan fingerprint density at radius 1 is 1.03 bits per heavy atom. The third-order valence-electron chi connectivity index (χ3n) is 4.25.